The van der Waals surface area contributed by atoms with Gasteiger partial charge >= 0.3 is 6.18 Å². The molecule has 0 spiro atoms. The number of halogens is 4. The molecule has 1 aromatic carbocycles. The monoisotopic (exact) mass is 346 g/mol. The number of alkyl halides is 3. The molecule has 5 nitrogen and oxygen atoms in total. The molecule has 0 atom stereocenters. The van der Waals surface area contributed by atoms with Crippen molar-refractivity contribution in [1.29, 1.82) is 0 Å². The number of hydrogen-bond acceptors (Lipinski definition) is 4. The largest absolute Gasteiger partial charge is 0.402 e. The predicted octanol–water partition coefficient (Wildman–Crippen LogP) is 1.78. The SMILES string of the molecule is Cc1c(N)cc(S(=O)(=O)N(CCO)CC(F)(F)F)cc1Cl. The first-order valence-electron chi connectivity index (χ1n) is 5.72. The Labute approximate surface area is 125 Å². The Bertz CT molecular complexity index is 597. The molecule has 10 heteroatoms. The fourth-order valence-corrected chi connectivity index (χ4v) is 3.34. The number of benzene rings is 1. The molecule has 0 bridgehead atoms. The highest BCUT2D eigenvalue weighted by Gasteiger charge is 2.37. The summed E-state index contributed by atoms with van der Waals surface area (Å²) in [5.41, 5.74) is 6.06. The Morgan fingerprint density at radius 3 is 2.38 bits per heavy atom. The lowest BCUT2D eigenvalue weighted by Crippen LogP contribution is -2.40. The summed E-state index contributed by atoms with van der Waals surface area (Å²) in [6.07, 6.45) is -4.73. The highest BCUT2D eigenvalue weighted by molar-refractivity contribution is 7.89. The van der Waals surface area contributed by atoms with Crippen molar-refractivity contribution in [2.75, 3.05) is 25.4 Å². The van der Waals surface area contributed by atoms with E-state index in [0.717, 1.165) is 12.1 Å². The second kappa shape index (κ2) is 6.39. The molecule has 1 aromatic rings. The molecule has 0 aliphatic heterocycles. The Morgan fingerprint density at radius 1 is 1.38 bits per heavy atom. The van der Waals surface area contributed by atoms with Gasteiger partial charge in [0.25, 0.3) is 0 Å². The van der Waals surface area contributed by atoms with Crippen LogP contribution in [0.3, 0.4) is 0 Å². The molecule has 120 valence electrons. The third-order valence-corrected chi connectivity index (χ3v) is 4.92. The van der Waals surface area contributed by atoms with Gasteiger partial charge in [-0.1, -0.05) is 11.6 Å². The van der Waals surface area contributed by atoms with E-state index in [2.05, 4.69) is 0 Å². The Kier molecular flexibility index (Phi) is 5.48. The van der Waals surface area contributed by atoms with Crippen LogP contribution in [0.15, 0.2) is 17.0 Å². The molecule has 0 saturated heterocycles. The van der Waals surface area contributed by atoms with Crippen LogP contribution in [0.1, 0.15) is 5.56 Å². The number of nitrogen functional groups attached to an aromatic ring is 1. The molecule has 1 rings (SSSR count). The topological polar surface area (TPSA) is 83.6 Å². The van der Waals surface area contributed by atoms with Crippen LogP contribution in [0.4, 0.5) is 18.9 Å². The van der Waals surface area contributed by atoms with E-state index in [1.54, 1.807) is 6.92 Å². The molecule has 0 fully saturated rings. The van der Waals surface area contributed by atoms with Gasteiger partial charge in [-0.05, 0) is 24.6 Å². The van der Waals surface area contributed by atoms with E-state index in [1.807, 2.05) is 0 Å². The predicted molar refractivity (Wildman–Crippen MR) is 72.5 cm³/mol. The van der Waals surface area contributed by atoms with Gasteiger partial charge < -0.3 is 10.8 Å². The fraction of sp³-hybridized carbons (Fsp3) is 0.455. The summed E-state index contributed by atoms with van der Waals surface area (Å²) >= 11 is 5.81. The number of hydrogen-bond donors (Lipinski definition) is 2. The highest BCUT2D eigenvalue weighted by atomic mass is 35.5. The lowest BCUT2D eigenvalue weighted by Gasteiger charge is -2.23. The van der Waals surface area contributed by atoms with E-state index in [0.29, 0.717) is 5.56 Å². The van der Waals surface area contributed by atoms with Crippen LogP contribution in [0.25, 0.3) is 0 Å². The summed E-state index contributed by atoms with van der Waals surface area (Å²) in [5, 5.41) is 8.80. The average Bonchev–Trinajstić information content (AvgIpc) is 2.33. The molecule has 0 aliphatic carbocycles. The van der Waals surface area contributed by atoms with E-state index in [4.69, 9.17) is 22.4 Å². The minimum atomic E-state index is -4.73. The number of aliphatic hydroxyl groups excluding tert-OH is 1. The van der Waals surface area contributed by atoms with Crippen LogP contribution in [0.2, 0.25) is 5.02 Å². The minimum absolute atomic E-state index is 0.0320. The van der Waals surface area contributed by atoms with Crippen molar-refractivity contribution in [3.8, 4) is 0 Å². The number of rotatable bonds is 5. The first-order valence-corrected chi connectivity index (χ1v) is 7.54. The molecule has 21 heavy (non-hydrogen) atoms. The number of nitrogens with zero attached hydrogens (tertiary/aromatic N) is 1. The van der Waals surface area contributed by atoms with Gasteiger partial charge in [-0.3, -0.25) is 0 Å². The van der Waals surface area contributed by atoms with Gasteiger partial charge in [-0.25, -0.2) is 8.42 Å². The molecule has 0 unspecified atom stereocenters. The highest BCUT2D eigenvalue weighted by Crippen LogP contribution is 2.29. The second-order valence-corrected chi connectivity index (χ2v) is 6.64. The van der Waals surface area contributed by atoms with Crippen molar-refractivity contribution in [3.05, 3.63) is 22.7 Å². The molecule has 0 aromatic heterocycles. The summed E-state index contributed by atoms with van der Waals surface area (Å²) in [4.78, 5) is -0.451. The van der Waals surface area contributed by atoms with Crippen LogP contribution in [-0.4, -0.2) is 43.7 Å². The van der Waals surface area contributed by atoms with E-state index in [-0.39, 0.29) is 15.0 Å². The van der Waals surface area contributed by atoms with Crippen molar-refractivity contribution in [3.63, 3.8) is 0 Å². The lowest BCUT2D eigenvalue weighted by molar-refractivity contribution is -0.136. The zero-order valence-electron chi connectivity index (χ0n) is 11.0. The van der Waals surface area contributed by atoms with Gasteiger partial charge in [0.15, 0.2) is 0 Å². The minimum Gasteiger partial charge on any atom is -0.398 e. The van der Waals surface area contributed by atoms with Crippen LogP contribution in [0.5, 0.6) is 0 Å². The van der Waals surface area contributed by atoms with E-state index >= 15 is 0 Å². The second-order valence-electron chi connectivity index (χ2n) is 4.30. The molecule has 0 radical (unpaired) electrons. The number of sulfonamides is 1. The standard InChI is InChI=1S/C11H14ClF3N2O3S/c1-7-9(12)4-8(5-10(7)16)21(19,20)17(2-3-18)6-11(13,14)15/h4-5,18H,2-3,6,16H2,1H3. The van der Waals surface area contributed by atoms with Crippen molar-refractivity contribution < 1.29 is 26.7 Å². The zero-order valence-corrected chi connectivity index (χ0v) is 12.6. The number of nitrogens with two attached hydrogens (primary N) is 1. The summed E-state index contributed by atoms with van der Waals surface area (Å²) in [5.74, 6) is 0. The average molecular weight is 347 g/mol. The molecular weight excluding hydrogens is 333 g/mol. The maximum Gasteiger partial charge on any atom is 0.402 e. The molecule has 3 N–H and O–H groups in total. The number of anilines is 1. The number of aliphatic hydroxyl groups is 1. The van der Waals surface area contributed by atoms with E-state index in [1.165, 1.54) is 0 Å². The van der Waals surface area contributed by atoms with Gasteiger partial charge in [0.05, 0.1) is 11.5 Å². The smallest absolute Gasteiger partial charge is 0.398 e. The first kappa shape index (κ1) is 18.0. The molecule has 0 amide bonds. The van der Waals surface area contributed by atoms with Crippen LogP contribution < -0.4 is 5.73 Å². The van der Waals surface area contributed by atoms with E-state index in [9.17, 15) is 21.6 Å². The molecular formula is C11H14ClF3N2O3S. The maximum atomic E-state index is 12.5. The summed E-state index contributed by atoms with van der Waals surface area (Å²) < 4.78 is 61.9. The van der Waals surface area contributed by atoms with Gasteiger partial charge in [0, 0.05) is 17.3 Å². The normalized spacial score (nSPS) is 12.9. The van der Waals surface area contributed by atoms with Gasteiger partial charge in [0.1, 0.15) is 6.54 Å². The van der Waals surface area contributed by atoms with E-state index < -0.39 is 40.8 Å². The molecule has 0 heterocycles. The summed E-state index contributed by atoms with van der Waals surface area (Å²) in [6, 6.07) is 2.07. The first-order chi connectivity index (χ1) is 9.49. The van der Waals surface area contributed by atoms with Crippen LogP contribution in [0, 0.1) is 6.92 Å². The van der Waals surface area contributed by atoms with Crippen LogP contribution in [-0.2, 0) is 10.0 Å². The quantitative estimate of drug-likeness (QED) is 0.796. The maximum absolute atomic E-state index is 12.5. The Hall–Kier alpha value is -1.03. The lowest BCUT2D eigenvalue weighted by atomic mass is 10.2. The van der Waals surface area contributed by atoms with Gasteiger partial charge in [0.2, 0.25) is 10.0 Å². The summed E-state index contributed by atoms with van der Waals surface area (Å²) in [6.45, 7) is -1.59. The fourth-order valence-electron chi connectivity index (χ4n) is 1.57. The third-order valence-electron chi connectivity index (χ3n) is 2.70. The van der Waals surface area contributed by atoms with Crippen molar-refractivity contribution >= 4 is 27.3 Å². The van der Waals surface area contributed by atoms with Gasteiger partial charge in [-0.15, -0.1) is 0 Å². The van der Waals surface area contributed by atoms with Crippen LogP contribution >= 0.6 is 11.6 Å². The zero-order chi connectivity index (χ0) is 16.4. The third kappa shape index (κ3) is 4.47. The Balaban J connectivity index is 3.29. The summed E-state index contributed by atoms with van der Waals surface area (Å²) in [7, 11) is -4.47. The van der Waals surface area contributed by atoms with Crippen molar-refractivity contribution in [2.45, 2.75) is 18.0 Å². The Morgan fingerprint density at radius 2 is 1.95 bits per heavy atom. The molecule has 0 saturated carbocycles. The molecule has 0 aliphatic rings. The van der Waals surface area contributed by atoms with Gasteiger partial charge in [-0.2, -0.15) is 17.5 Å². The van der Waals surface area contributed by atoms with Crippen molar-refractivity contribution in [1.82, 2.24) is 4.31 Å². The van der Waals surface area contributed by atoms with Crippen molar-refractivity contribution in [2.24, 2.45) is 0 Å².